The molecule has 72 valence electrons. The number of amides is 1. The van der Waals surface area contributed by atoms with Crippen LogP contribution in [-0.2, 0) is 4.79 Å². The van der Waals surface area contributed by atoms with Gasteiger partial charge in [0.25, 0.3) is 0 Å². The quantitative estimate of drug-likeness (QED) is 0.766. The van der Waals surface area contributed by atoms with E-state index < -0.39 is 0 Å². The average Bonchev–Trinajstić information content (AvgIpc) is 2.47. The molecule has 0 aliphatic rings. The third kappa shape index (κ3) is 2.82. The summed E-state index contributed by atoms with van der Waals surface area (Å²) in [6.07, 6.45) is 0.995. The van der Waals surface area contributed by atoms with Gasteiger partial charge in [0, 0.05) is 17.3 Å². The van der Waals surface area contributed by atoms with Crippen molar-refractivity contribution in [2.24, 2.45) is 11.5 Å². The summed E-state index contributed by atoms with van der Waals surface area (Å²) in [4.78, 5) is 11.7. The van der Waals surface area contributed by atoms with Gasteiger partial charge in [-0.15, -0.1) is 11.3 Å². The van der Waals surface area contributed by atoms with Crippen molar-refractivity contribution in [1.29, 1.82) is 0 Å². The van der Waals surface area contributed by atoms with Crippen LogP contribution in [0.3, 0.4) is 0 Å². The van der Waals surface area contributed by atoms with Gasteiger partial charge < -0.3 is 11.5 Å². The standard InChI is InChI=1S/C9H14N2OS/c1-6-4-5-13-9(6)7(10)2-3-8(11)12/h4-5,7H,2-3,10H2,1H3,(H2,11,12). The Morgan fingerprint density at radius 2 is 2.38 bits per heavy atom. The Bertz CT molecular complexity index is 296. The number of aryl methyl sites for hydroxylation is 1. The van der Waals surface area contributed by atoms with E-state index in [1.165, 1.54) is 5.56 Å². The van der Waals surface area contributed by atoms with Crippen LogP contribution in [0.5, 0.6) is 0 Å². The van der Waals surface area contributed by atoms with Crippen LogP contribution < -0.4 is 11.5 Å². The topological polar surface area (TPSA) is 69.1 Å². The van der Waals surface area contributed by atoms with E-state index in [0.29, 0.717) is 12.8 Å². The van der Waals surface area contributed by atoms with Crippen LogP contribution in [0.1, 0.15) is 29.3 Å². The second kappa shape index (κ2) is 4.39. The summed E-state index contributed by atoms with van der Waals surface area (Å²) < 4.78 is 0. The minimum atomic E-state index is -0.287. The SMILES string of the molecule is Cc1ccsc1C(N)CCC(N)=O. The van der Waals surface area contributed by atoms with Crippen LogP contribution in [0.25, 0.3) is 0 Å². The van der Waals surface area contributed by atoms with Crippen LogP contribution >= 0.6 is 11.3 Å². The van der Waals surface area contributed by atoms with Gasteiger partial charge in [0.05, 0.1) is 0 Å². The van der Waals surface area contributed by atoms with Gasteiger partial charge in [-0.2, -0.15) is 0 Å². The van der Waals surface area contributed by atoms with Crippen molar-refractivity contribution in [3.8, 4) is 0 Å². The Morgan fingerprint density at radius 3 is 2.85 bits per heavy atom. The molecule has 0 radical (unpaired) electrons. The molecule has 0 saturated heterocycles. The molecule has 0 aliphatic heterocycles. The maximum absolute atomic E-state index is 10.5. The normalized spacial score (nSPS) is 12.8. The van der Waals surface area contributed by atoms with Gasteiger partial charge in [-0.1, -0.05) is 0 Å². The fourth-order valence-corrected chi connectivity index (χ4v) is 2.16. The van der Waals surface area contributed by atoms with Crippen molar-refractivity contribution in [2.75, 3.05) is 0 Å². The number of hydrogen-bond acceptors (Lipinski definition) is 3. The smallest absolute Gasteiger partial charge is 0.217 e. The summed E-state index contributed by atoms with van der Waals surface area (Å²) in [6, 6.07) is 1.98. The maximum Gasteiger partial charge on any atom is 0.217 e. The number of nitrogens with two attached hydrogens (primary N) is 2. The molecule has 1 rings (SSSR count). The van der Waals surface area contributed by atoms with Gasteiger partial charge in [0.15, 0.2) is 0 Å². The molecule has 0 saturated carbocycles. The summed E-state index contributed by atoms with van der Waals surface area (Å²) in [5.74, 6) is -0.287. The Kier molecular flexibility index (Phi) is 3.45. The lowest BCUT2D eigenvalue weighted by Crippen LogP contribution is -2.16. The molecule has 0 spiro atoms. The summed E-state index contributed by atoms with van der Waals surface area (Å²) in [6.45, 7) is 2.02. The summed E-state index contributed by atoms with van der Waals surface area (Å²) >= 11 is 1.63. The lowest BCUT2D eigenvalue weighted by Gasteiger charge is -2.09. The van der Waals surface area contributed by atoms with Crippen molar-refractivity contribution in [1.82, 2.24) is 0 Å². The predicted molar refractivity (Wildman–Crippen MR) is 54.4 cm³/mol. The van der Waals surface area contributed by atoms with E-state index in [2.05, 4.69) is 0 Å². The first kappa shape index (κ1) is 10.2. The molecule has 0 bridgehead atoms. The molecule has 0 aromatic carbocycles. The van der Waals surface area contributed by atoms with Crippen LogP contribution in [0.2, 0.25) is 0 Å². The molecule has 4 heteroatoms. The molecular weight excluding hydrogens is 184 g/mol. The van der Waals surface area contributed by atoms with Crippen LogP contribution in [-0.4, -0.2) is 5.91 Å². The van der Waals surface area contributed by atoms with E-state index in [0.717, 1.165) is 4.88 Å². The number of rotatable bonds is 4. The van der Waals surface area contributed by atoms with Gasteiger partial charge in [0.2, 0.25) is 5.91 Å². The zero-order chi connectivity index (χ0) is 9.84. The van der Waals surface area contributed by atoms with E-state index in [4.69, 9.17) is 11.5 Å². The molecule has 1 aromatic rings. The van der Waals surface area contributed by atoms with E-state index in [-0.39, 0.29) is 11.9 Å². The zero-order valence-corrected chi connectivity index (χ0v) is 8.43. The molecule has 1 aromatic heterocycles. The van der Waals surface area contributed by atoms with Crippen LogP contribution in [0.4, 0.5) is 0 Å². The first-order valence-corrected chi connectivity index (χ1v) is 5.07. The highest BCUT2D eigenvalue weighted by molar-refractivity contribution is 7.10. The Hall–Kier alpha value is -0.870. The fourth-order valence-electron chi connectivity index (χ4n) is 1.19. The van der Waals surface area contributed by atoms with Gasteiger partial charge in [-0.05, 0) is 30.4 Å². The molecule has 1 unspecified atom stereocenters. The lowest BCUT2D eigenvalue weighted by molar-refractivity contribution is -0.118. The molecule has 1 amide bonds. The minimum Gasteiger partial charge on any atom is -0.370 e. The number of primary amides is 1. The average molecular weight is 198 g/mol. The van der Waals surface area contributed by atoms with Gasteiger partial charge in [0.1, 0.15) is 0 Å². The van der Waals surface area contributed by atoms with E-state index in [9.17, 15) is 4.79 Å². The maximum atomic E-state index is 10.5. The van der Waals surface area contributed by atoms with Gasteiger partial charge in [-0.3, -0.25) is 4.79 Å². The second-order valence-corrected chi connectivity index (χ2v) is 4.03. The molecular formula is C9H14N2OS. The highest BCUT2D eigenvalue weighted by atomic mass is 32.1. The molecule has 1 atom stereocenters. The van der Waals surface area contributed by atoms with E-state index >= 15 is 0 Å². The third-order valence-electron chi connectivity index (χ3n) is 1.94. The van der Waals surface area contributed by atoms with Crippen molar-refractivity contribution < 1.29 is 4.79 Å². The van der Waals surface area contributed by atoms with E-state index in [1.807, 2.05) is 18.4 Å². The highest BCUT2D eigenvalue weighted by Crippen LogP contribution is 2.24. The number of carbonyl (C=O) groups excluding carboxylic acids is 1. The van der Waals surface area contributed by atoms with Crippen LogP contribution in [0, 0.1) is 6.92 Å². The van der Waals surface area contributed by atoms with E-state index in [1.54, 1.807) is 11.3 Å². The minimum absolute atomic E-state index is 0.0486. The zero-order valence-electron chi connectivity index (χ0n) is 7.62. The first-order valence-electron chi connectivity index (χ1n) is 4.19. The van der Waals surface area contributed by atoms with Crippen molar-refractivity contribution >= 4 is 17.2 Å². The van der Waals surface area contributed by atoms with Crippen molar-refractivity contribution in [2.45, 2.75) is 25.8 Å². The fraction of sp³-hybridized carbons (Fsp3) is 0.444. The highest BCUT2D eigenvalue weighted by Gasteiger charge is 2.10. The molecule has 3 nitrogen and oxygen atoms in total. The summed E-state index contributed by atoms with van der Waals surface area (Å²) in [5, 5.41) is 2.01. The Labute approximate surface area is 81.7 Å². The predicted octanol–water partition coefficient (Wildman–Crippen LogP) is 1.32. The largest absolute Gasteiger partial charge is 0.370 e. The molecule has 13 heavy (non-hydrogen) atoms. The molecule has 0 aliphatic carbocycles. The summed E-state index contributed by atoms with van der Waals surface area (Å²) in [7, 11) is 0. The first-order chi connectivity index (χ1) is 6.11. The summed E-state index contributed by atoms with van der Waals surface area (Å²) in [5.41, 5.74) is 12.1. The second-order valence-electron chi connectivity index (χ2n) is 3.08. The molecule has 4 N–H and O–H groups in total. The monoisotopic (exact) mass is 198 g/mol. The van der Waals surface area contributed by atoms with Crippen molar-refractivity contribution in [3.05, 3.63) is 21.9 Å². The number of thiophene rings is 1. The third-order valence-corrected chi connectivity index (χ3v) is 3.09. The Morgan fingerprint density at radius 1 is 1.69 bits per heavy atom. The number of carbonyl (C=O) groups is 1. The molecule has 0 fully saturated rings. The van der Waals surface area contributed by atoms with Crippen LogP contribution in [0.15, 0.2) is 11.4 Å². The van der Waals surface area contributed by atoms with Crippen molar-refractivity contribution in [3.63, 3.8) is 0 Å². The van der Waals surface area contributed by atoms with Gasteiger partial charge in [-0.25, -0.2) is 0 Å². The Balaban J connectivity index is 2.53. The van der Waals surface area contributed by atoms with Gasteiger partial charge >= 0.3 is 0 Å². The lowest BCUT2D eigenvalue weighted by atomic mass is 10.1. The number of hydrogen-bond donors (Lipinski definition) is 2. The molecule has 1 heterocycles.